The molecule has 1 atom stereocenters. The summed E-state index contributed by atoms with van der Waals surface area (Å²) in [6.45, 7) is -14.4. The summed E-state index contributed by atoms with van der Waals surface area (Å²) >= 11 is 0. The van der Waals surface area contributed by atoms with E-state index < -0.39 is 120 Å². The van der Waals surface area contributed by atoms with Crippen molar-refractivity contribution in [3.63, 3.8) is 0 Å². The topological polar surface area (TPSA) is 169 Å². The van der Waals surface area contributed by atoms with Gasteiger partial charge in [0.25, 0.3) is 17.7 Å². The van der Waals surface area contributed by atoms with Crippen LogP contribution in [0, 0.1) is 17.6 Å². The first-order valence-corrected chi connectivity index (χ1v) is 19.8. The van der Waals surface area contributed by atoms with E-state index >= 15 is 8.78 Å². The smallest absolute Gasteiger partial charge is 0.419 e. The first-order valence-electron chi connectivity index (χ1n) is 23.8. The zero-order valence-corrected chi connectivity index (χ0v) is 34.0. The summed E-state index contributed by atoms with van der Waals surface area (Å²) in [5, 5.41) is 10.0. The summed E-state index contributed by atoms with van der Waals surface area (Å²) in [5.74, 6) is -9.27. The van der Waals surface area contributed by atoms with Crippen molar-refractivity contribution in [2.75, 3.05) is 80.2 Å². The van der Waals surface area contributed by atoms with Gasteiger partial charge in [-0.05, 0) is 49.4 Å². The minimum atomic E-state index is -4.82. The van der Waals surface area contributed by atoms with E-state index in [4.69, 9.17) is 15.7 Å². The molecule has 3 fully saturated rings. The van der Waals surface area contributed by atoms with Gasteiger partial charge in [-0.2, -0.15) is 13.2 Å². The van der Waals surface area contributed by atoms with E-state index in [2.05, 4.69) is 20.9 Å². The van der Waals surface area contributed by atoms with E-state index in [-0.39, 0.29) is 77.5 Å². The van der Waals surface area contributed by atoms with Gasteiger partial charge in [0, 0.05) is 94.7 Å². The standard InChI is InChI=1S/C44H44F5N9O6/c1-50-40(60)26-5-3-4-6-29(26)52-31-21-35(51-22-27(31)44(47,48)49)53-30-8-7-25(19-34(30)64-2)56-13-11-24(12-14-56)23-55-15-17-57(18-16-55)33-20-28(45)37-38(39(33)46)43(63)58(42(37)62)32-9-10-36(59)54-41(32)61/h3-8,19-22,24,32H,9-18,23H2,1-2H3,(H,50,60)(H2,51,52,53)(H,54,59,61)/i15D2,16D2,17D2,18D2. The van der Waals surface area contributed by atoms with Crippen molar-refractivity contribution in [2.45, 2.75) is 37.9 Å². The molecule has 1 aromatic heterocycles. The molecule has 4 aliphatic heterocycles. The molecule has 0 spiro atoms. The average Bonchev–Trinajstić information content (AvgIpc) is 3.58. The predicted octanol–water partition coefficient (Wildman–Crippen LogP) is 5.67. The Labute approximate surface area is 375 Å². The fourth-order valence-electron chi connectivity index (χ4n) is 7.89. The molecule has 3 aromatic carbocycles. The van der Waals surface area contributed by atoms with Crippen LogP contribution >= 0.6 is 0 Å². The second kappa shape index (κ2) is 17.7. The molecule has 0 radical (unpaired) electrons. The molecule has 336 valence electrons. The van der Waals surface area contributed by atoms with Gasteiger partial charge in [-0.15, -0.1) is 0 Å². The van der Waals surface area contributed by atoms with E-state index in [9.17, 15) is 37.1 Å². The summed E-state index contributed by atoms with van der Waals surface area (Å²) in [5.41, 5.74) is -4.27. The van der Waals surface area contributed by atoms with Crippen LogP contribution in [0.5, 0.6) is 5.75 Å². The summed E-state index contributed by atoms with van der Waals surface area (Å²) in [6, 6.07) is 10.6. The predicted molar refractivity (Wildman–Crippen MR) is 225 cm³/mol. The van der Waals surface area contributed by atoms with Gasteiger partial charge >= 0.3 is 6.18 Å². The van der Waals surface area contributed by atoms with Crippen LogP contribution in [0.2, 0.25) is 0 Å². The quantitative estimate of drug-likeness (QED) is 0.108. The van der Waals surface area contributed by atoms with E-state index in [0.717, 1.165) is 6.07 Å². The molecule has 64 heavy (non-hydrogen) atoms. The van der Waals surface area contributed by atoms with Crippen LogP contribution in [0.25, 0.3) is 0 Å². The fourth-order valence-corrected chi connectivity index (χ4v) is 7.89. The third kappa shape index (κ3) is 8.60. The van der Waals surface area contributed by atoms with Gasteiger partial charge in [0.15, 0.2) is 5.82 Å². The number of benzene rings is 3. The lowest BCUT2D eigenvalue weighted by Gasteiger charge is -2.40. The van der Waals surface area contributed by atoms with E-state index in [1.807, 2.05) is 10.2 Å². The Hall–Kier alpha value is -6.83. The number of fused-ring (bicyclic) bond motifs is 1. The monoisotopic (exact) mass is 897 g/mol. The summed E-state index contributed by atoms with van der Waals surface area (Å²) in [6.07, 6.45) is -4.41. The molecule has 15 nitrogen and oxygen atoms in total. The minimum Gasteiger partial charge on any atom is -0.494 e. The molecular formula is C44H44F5N9O6. The Morgan fingerprint density at radius 2 is 1.61 bits per heavy atom. The number of alkyl halides is 3. The zero-order valence-electron chi connectivity index (χ0n) is 42.0. The van der Waals surface area contributed by atoms with Gasteiger partial charge in [0.2, 0.25) is 11.8 Å². The van der Waals surface area contributed by atoms with Crippen LogP contribution in [0.3, 0.4) is 0 Å². The number of para-hydroxylation sites is 1. The normalized spacial score (nSPS) is 23.5. The molecule has 5 amide bonds. The Balaban J connectivity index is 0.985. The third-order valence-electron chi connectivity index (χ3n) is 11.2. The van der Waals surface area contributed by atoms with E-state index in [1.165, 1.54) is 26.3 Å². The highest BCUT2D eigenvalue weighted by Gasteiger charge is 2.48. The van der Waals surface area contributed by atoms with Crippen LogP contribution < -0.4 is 35.8 Å². The highest BCUT2D eigenvalue weighted by atomic mass is 19.4. The highest BCUT2D eigenvalue weighted by Crippen LogP contribution is 2.40. The molecule has 5 heterocycles. The van der Waals surface area contributed by atoms with Gasteiger partial charge in [-0.25, -0.2) is 13.8 Å². The Bertz CT molecular complexity index is 2880. The molecule has 4 aromatic rings. The van der Waals surface area contributed by atoms with Gasteiger partial charge in [-0.3, -0.25) is 39.1 Å². The maximum atomic E-state index is 16.6. The fraction of sp³-hybridized carbons (Fsp3) is 0.364. The number of aromatic nitrogens is 1. The number of anilines is 6. The maximum Gasteiger partial charge on any atom is 0.419 e. The molecule has 3 saturated heterocycles. The average molecular weight is 898 g/mol. The van der Waals surface area contributed by atoms with Crippen LogP contribution in [-0.2, 0) is 15.8 Å². The lowest BCUT2D eigenvalue weighted by atomic mass is 9.95. The van der Waals surface area contributed by atoms with E-state index in [1.54, 1.807) is 30.3 Å². The number of carbonyl (C=O) groups excluding carboxylic acids is 5. The first kappa shape index (κ1) is 34.6. The number of pyridine rings is 1. The van der Waals surface area contributed by atoms with Crippen molar-refractivity contribution in [2.24, 2.45) is 5.92 Å². The lowest BCUT2D eigenvalue weighted by Crippen LogP contribution is -2.54. The molecule has 0 aliphatic carbocycles. The third-order valence-corrected chi connectivity index (χ3v) is 11.2. The maximum absolute atomic E-state index is 16.6. The number of hydrogen-bond donors (Lipinski definition) is 4. The summed E-state index contributed by atoms with van der Waals surface area (Å²) in [7, 11) is 2.75. The highest BCUT2D eigenvalue weighted by molar-refractivity contribution is 6.24. The van der Waals surface area contributed by atoms with Gasteiger partial charge in [0.05, 0.1) is 57.6 Å². The number of nitrogens with one attached hydrogen (secondary N) is 4. The van der Waals surface area contributed by atoms with Gasteiger partial charge in [0.1, 0.15) is 23.4 Å². The Morgan fingerprint density at radius 1 is 0.891 bits per heavy atom. The number of ether oxygens (including phenoxy) is 1. The molecule has 4 aliphatic rings. The first-order chi connectivity index (χ1) is 33.7. The van der Waals surface area contributed by atoms with Crippen LogP contribution in [0.15, 0.2) is 60.8 Å². The molecule has 8 rings (SSSR count). The van der Waals surface area contributed by atoms with Crippen molar-refractivity contribution in [3.8, 4) is 5.75 Å². The number of rotatable bonds is 11. The molecule has 4 N–H and O–H groups in total. The SMILES string of the molecule is [2H]C1([2H])N(CC2CCN(c3ccc(Nc4cc(Nc5ccccc5C(=O)NC)c(C(F)(F)F)cn4)c(OC)c3)CC2)C([2H])([2H])C([2H])([2H])N(c2cc(F)c3c(c2F)C(=O)N(C2CCC(=O)NC2=O)C3=O)C1([2H])[2H]. The van der Waals surface area contributed by atoms with Crippen molar-refractivity contribution in [1.82, 2.24) is 25.4 Å². The number of piperidine rings is 2. The molecule has 0 bridgehead atoms. The number of methoxy groups -OCH3 is 1. The van der Waals surface area contributed by atoms with Crippen LogP contribution in [0.1, 0.15) is 73.3 Å². The number of nitrogens with zero attached hydrogens (tertiary/aromatic N) is 5. The molecule has 1 unspecified atom stereocenters. The Morgan fingerprint density at radius 3 is 2.30 bits per heavy atom. The summed E-state index contributed by atoms with van der Waals surface area (Å²) < 4.78 is 152. The van der Waals surface area contributed by atoms with Crippen molar-refractivity contribution in [1.29, 1.82) is 0 Å². The Kier molecular flexibility index (Phi) is 9.60. The van der Waals surface area contributed by atoms with Crippen molar-refractivity contribution < 1.29 is 61.6 Å². The zero-order chi connectivity index (χ0) is 52.6. The number of imide groups is 2. The molecule has 0 saturated carbocycles. The van der Waals surface area contributed by atoms with Crippen molar-refractivity contribution in [3.05, 3.63) is 94.7 Å². The van der Waals surface area contributed by atoms with Crippen LogP contribution in [0.4, 0.5) is 56.2 Å². The number of hydrogen-bond acceptors (Lipinski definition) is 12. The van der Waals surface area contributed by atoms with Gasteiger partial charge < -0.3 is 30.5 Å². The minimum absolute atomic E-state index is 0.0151. The number of halogens is 5. The van der Waals surface area contributed by atoms with Gasteiger partial charge in [-0.1, -0.05) is 12.1 Å². The lowest BCUT2D eigenvalue weighted by molar-refractivity contribution is -0.137. The van der Waals surface area contributed by atoms with Crippen LogP contribution in [-0.4, -0.2) is 110 Å². The summed E-state index contributed by atoms with van der Waals surface area (Å²) in [4.78, 5) is 69.8. The number of carbonyl (C=O) groups is 5. The second-order valence-corrected chi connectivity index (χ2v) is 15.1. The number of piperazine rings is 1. The van der Waals surface area contributed by atoms with Crippen molar-refractivity contribution >= 4 is 63.8 Å². The number of amides is 5. The second-order valence-electron chi connectivity index (χ2n) is 15.1. The molecule has 20 heteroatoms. The molecular weight excluding hydrogens is 846 g/mol. The largest absolute Gasteiger partial charge is 0.494 e. The van der Waals surface area contributed by atoms with E-state index in [0.29, 0.717) is 22.5 Å².